The predicted octanol–water partition coefficient (Wildman–Crippen LogP) is 3.09. The van der Waals surface area contributed by atoms with Crippen molar-refractivity contribution in [2.45, 2.75) is 20.1 Å². The fourth-order valence-electron chi connectivity index (χ4n) is 2.77. The van der Waals surface area contributed by atoms with Crippen molar-refractivity contribution < 1.29 is 14.6 Å². The van der Waals surface area contributed by atoms with E-state index >= 15 is 0 Å². The van der Waals surface area contributed by atoms with Gasteiger partial charge in [-0.1, -0.05) is 42.0 Å². The molecule has 1 N–H and O–H groups in total. The highest BCUT2D eigenvalue weighted by atomic mass is 16.5. The summed E-state index contributed by atoms with van der Waals surface area (Å²) in [5.41, 5.74) is 3.57. The van der Waals surface area contributed by atoms with Crippen molar-refractivity contribution in [3.05, 3.63) is 65.2 Å². The second-order valence-electron chi connectivity index (χ2n) is 6.15. The van der Waals surface area contributed by atoms with Gasteiger partial charge in [0.1, 0.15) is 12.4 Å². The van der Waals surface area contributed by atoms with Crippen molar-refractivity contribution in [1.29, 1.82) is 0 Å². The van der Waals surface area contributed by atoms with Crippen LogP contribution in [-0.4, -0.2) is 29.1 Å². The number of ether oxygens (including phenoxy) is 1. The molecular formula is C19H21NO3. The molecule has 4 heteroatoms. The molecule has 1 fully saturated rings. The summed E-state index contributed by atoms with van der Waals surface area (Å²) in [5, 5.41) is 8.88. The number of carbonyl (C=O) groups is 1. The highest BCUT2D eigenvalue weighted by Crippen LogP contribution is 2.20. The molecular weight excluding hydrogens is 290 g/mol. The summed E-state index contributed by atoms with van der Waals surface area (Å²) in [6, 6.07) is 16.3. The number of hydrogen-bond acceptors (Lipinski definition) is 3. The number of carboxylic acids is 1. The van der Waals surface area contributed by atoms with Gasteiger partial charge < -0.3 is 9.84 Å². The maximum absolute atomic E-state index is 10.8. The summed E-state index contributed by atoms with van der Waals surface area (Å²) in [7, 11) is 0. The zero-order valence-corrected chi connectivity index (χ0v) is 13.2. The van der Waals surface area contributed by atoms with Crippen LogP contribution in [0, 0.1) is 12.8 Å². The van der Waals surface area contributed by atoms with Crippen molar-refractivity contribution in [3.63, 3.8) is 0 Å². The van der Waals surface area contributed by atoms with Gasteiger partial charge in [-0.15, -0.1) is 0 Å². The number of aryl methyl sites for hydroxylation is 1. The number of aliphatic carboxylic acids is 1. The predicted molar refractivity (Wildman–Crippen MR) is 88.4 cm³/mol. The summed E-state index contributed by atoms with van der Waals surface area (Å²) >= 11 is 0. The molecule has 2 aromatic rings. The Morgan fingerprint density at radius 2 is 1.91 bits per heavy atom. The smallest absolute Gasteiger partial charge is 0.309 e. The second kappa shape index (κ2) is 6.84. The van der Waals surface area contributed by atoms with Gasteiger partial charge in [0.25, 0.3) is 0 Å². The Kier molecular flexibility index (Phi) is 4.63. The van der Waals surface area contributed by atoms with Crippen LogP contribution in [0.2, 0.25) is 0 Å². The van der Waals surface area contributed by atoms with E-state index in [1.54, 1.807) is 0 Å². The molecule has 3 rings (SSSR count). The molecule has 1 heterocycles. The van der Waals surface area contributed by atoms with Crippen molar-refractivity contribution in [1.82, 2.24) is 4.90 Å². The Morgan fingerprint density at radius 3 is 2.57 bits per heavy atom. The Labute approximate surface area is 136 Å². The highest BCUT2D eigenvalue weighted by molar-refractivity contribution is 5.71. The minimum atomic E-state index is -0.693. The lowest BCUT2D eigenvalue weighted by Crippen LogP contribution is -2.49. The molecule has 0 saturated carbocycles. The zero-order chi connectivity index (χ0) is 16.2. The molecule has 0 atom stereocenters. The number of carboxylic acid groups (broad SMARTS) is 1. The van der Waals surface area contributed by atoms with Gasteiger partial charge in [-0.2, -0.15) is 0 Å². The van der Waals surface area contributed by atoms with Crippen LogP contribution in [0.15, 0.2) is 48.5 Å². The van der Waals surface area contributed by atoms with Crippen LogP contribution in [0.1, 0.15) is 16.7 Å². The van der Waals surface area contributed by atoms with Gasteiger partial charge in [-0.05, 0) is 30.2 Å². The average molecular weight is 311 g/mol. The van der Waals surface area contributed by atoms with Crippen LogP contribution in [0.4, 0.5) is 0 Å². The molecule has 23 heavy (non-hydrogen) atoms. The number of likely N-dealkylation sites (tertiary alicyclic amines) is 1. The highest BCUT2D eigenvalue weighted by Gasteiger charge is 2.31. The Morgan fingerprint density at radius 1 is 1.17 bits per heavy atom. The van der Waals surface area contributed by atoms with E-state index in [0.717, 1.165) is 17.9 Å². The molecule has 0 amide bonds. The molecule has 1 aliphatic heterocycles. The van der Waals surface area contributed by atoms with Crippen LogP contribution in [0.5, 0.6) is 5.75 Å². The molecule has 0 bridgehead atoms. The van der Waals surface area contributed by atoms with Gasteiger partial charge in [0.15, 0.2) is 0 Å². The van der Waals surface area contributed by atoms with Crippen molar-refractivity contribution in [2.24, 2.45) is 5.92 Å². The first-order chi connectivity index (χ1) is 11.1. The number of rotatable bonds is 6. The van der Waals surface area contributed by atoms with E-state index in [1.165, 1.54) is 11.1 Å². The topological polar surface area (TPSA) is 49.8 Å². The number of hydrogen-bond donors (Lipinski definition) is 1. The minimum Gasteiger partial charge on any atom is -0.489 e. The van der Waals surface area contributed by atoms with E-state index in [-0.39, 0.29) is 5.92 Å². The summed E-state index contributed by atoms with van der Waals surface area (Å²) in [4.78, 5) is 12.9. The molecule has 1 aliphatic rings. The molecule has 0 unspecified atom stereocenters. The molecule has 0 aromatic heterocycles. The van der Waals surface area contributed by atoms with Crippen LogP contribution in [0.3, 0.4) is 0 Å². The fourth-order valence-corrected chi connectivity index (χ4v) is 2.77. The Balaban J connectivity index is 1.48. The first kappa shape index (κ1) is 15.6. The standard InChI is InChI=1S/C19H21NO3/c1-14-3-2-4-16(9-14)13-23-18-7-5-15(6-8-18)10-20-11-17(12-20)19(21)22/h2-9,17H,10-13H2,1H3,(H,21,22). The normalized spacial score (nSPS) is 15.2. The summed E-state index contributed by atoms with van der Waals surface area (Å²) in [5.74, 6) is -0.0460. The van der Waals surface area contributed by atoms with E-state index in [0.29, 0.717) is 19.7 Å². The first-order valence-electron chi connectivity index (χ1n) is 7.82. The summed E-state index contributed by atoms with van der Waals surface area (Å²) < 4.78 is 5.80. The molecule has 0 aliphatic carbocycles. The Hall–Kier alpha value is -2.33. The van der Waals surface area contributed by atoms with E-state index in [9.17, 15) is 4.79 Å². The zero-order valence-electron chi connectivity index (χ0n) is 13.2. The van der Waals surface area contributed by atoms with E-state index in [1.807, 2.05) is 30.3 Å². The minimum absolute atomic E-state index is 0.202. The largest absolute Gasteiger partial charge is 0.489 e. The van der Waals surface area contributed by atoms with Gasteiger partial charge >= 0.3 is 5.97 Å². The summed E-state index contributed by atoms with van der Waals surface area (Å²) in [6.07, 6.45) is 0. The van der Waals surface area contributed by atoms with Crippen molar-refractivity contribution in [2.75, 3.05) is 13.1 Å². The van der Waals surface area contributed by atoms with E-state index in [2.05, 4.69) is 30.0 Å². The number of benzene rings is 2. The number of nitrogens with zero attached hydrogens (tertiary/aromatic N) is 1. The maximum Gasteiger partial charge on any atom is 0.309 e. The Bertz CT molecular complexity index is 675. The first-order valence-corrected chi connectivity index (χ1v) is 7.82. The average Bonchev–Trinajstić information content (AvgIpc) is 2.49. The monoisotopic (exact) mass is 311 g/mol. The van der Waals surface area contributed by atoms with Crippen molar-refractivity contribution in [3.8, 4) is 5.75 Å². The van der Waals surface area contributed by atoms with Gasteiger partial charge in [-0.3, -0.25) is 9.69 Å². The SMILES string of the molecule is Cc1cccc(COc2ccc(CN3CC(C(=O)O)C3)cc2)c1. The second-order valence-corrected chi connectivity index (χ2v) is 6.15. The van der Waals surface area contributed by atoms with Gasteiger partial charge in [0.2, 0.25) is 0 Å². The molecule has 120 valence electrons. The quantitative estimate of drug-likeness (QED) is 0.890. The lowest BCUT2D eigenvalue weighted by Gasteiger charge is -2.36. The van der Waals surface area contributed by atoms with Crippen molar-refractivity contribution >= 4 is 5.97 Å². The molecule has 4 nitrogen and oxygen atoms in total. The molecule has 1 saturated heterocycles. The fraction of sp³-hybridized carbons (Fsp3) is 0.316. The molecule has 2 aromatic carbocycles. The van der Waals surface area contributed by atoms with Crippen LogP contribution in [-0.2, 0) is 17.9 Å². The molecule has 0 spiro atoms. The lowest BCUT2D eigenvalue weighted by molar-refractivity contribution is -0.147. The van der Waals surface area contributed by atoms with Crippen LogP contribution < -0.4 is 4.74 Å². The van der Waals surface area contributed by atoms with Crippen LogP contribution >= 0.6 is 0 Å². The molecule has 0 radical (unpaired) electrons. The third-order valence-electron chi connectivity index (χ3n) is 4.12. The third kappa shape index (κ3) is 4.11. The van der Waals surface area contributed by atoms with E-state index in [4.69, 9.17) is 9.84 Å². The lowest BCUT2D eigenvalue weighted by atomic mass is 10.00. The van der Waals surface area contributed by atoms with Crippen LogP contribution in [0.25, 0.3) is 0 Å². The van der Waals surface area contributed by atoms with E-state index < -0.39 is 5.97 Å². The summed E-state index contributed by atoms with van der Waals surface area (Å²) in [6.45, 7) is 4.71. The van der Waals surface area contributed by atoms with Gasteiger partial charge in [-0.25, -0.2) is 0 Å². The maximum atomic E-state index is 10.8. The van der Waals surface area contributed by atoms with Gasteiger partial charge in [0.05, 0.1) is 5.92 Å². The third-order valence-corrected chi connectivity index (χ3v) is 4.12. The van der Waals surface area contributed by atoms with Gasteiger partial charge in [0, 0.05) is 19.6 Å².